The van der Waals surface area contributed by atoms with Crippen molar-refractivity contribution in [2.24, 2.45) is 0 Å². The summed E-state index contributed by atoms with van der Waals surface area (Å²) >= 11 is 1.86. The van der Waals surface area contributed by atoms with Gasteiger partial charge in [-0.15, -0.1) is 11.3 Å². The second-order valence-electron chi connectivity index (χ2n) is 13.2. The van der Waals surface area contributed by atoms with Gasteiger partial charge in [-0.25, -0.2) is 0 Å². The third kappa shape index (κ3) is 4.06. The van der Waals surface area contributed by atoms with E-state index < -0.39 is 0 Å². The van der Waals surface area contributed by atoms with Gasteiger partial charge in [0.05, 0.1) is 0 Å². The van der Waals surface area contributed by atoms with Crippen LogP contribution in [0.2, 0.25) is 0 Å². The van der Waals surface area contributed by atoms with Gasteiger partial charge in [0, 0.05) is 30.9 Å². The second-order valence-corrected chi connectivity index (χ2v) is 14.3. The van der Waals surface area contributed by atoms with Gasteiger partial charge in [0.1, 0.15) is 11.2 Å². The summed E-state index contributed by atoms with van der Waals surface area (Å²) in [5.74, 6) is 0. The summed E-state index contributed by atoms with van der Waals surface area (Å²) in [5, 5.41) is 12.6. The summed E-state index contributed by atoms with van der Waals surface area (Å²) in [5.41, 5.74) is 9.39. The third-order valence-corrected chi connectivity index (χ3v) is 11.7. The van der Waals surface area contributed by atoms with Gasteiger partial charge in [-0.2, -0.15) is 0 Å². The first-order valence-electron chi connectivity index (χ1n) is 17.1. The smallest absolute Gasteiger partial charge is 0.136 e. The van der Waals surface area contributed by atoms with Crippen LogP contribution >= 0.6 is 11.3 Å². The van der Waals surface area contributed by atoms with Crippen molar-refractivity contribution >= 4 is 85.8 Å². The van der Waals surface area contributed by atoms with E-state index in [2.05, 4.69) is 158 Å². The monoisotopic (exact) mass is 652 g/mol. The van der Waals surface area contributed by atoms with E-state index in [1.165, 1.54) is 96.6 Å². The Morgan fingerprint density at radius 2 is 0.880 bits per heavy atom. The molecule has 2 aromatic heterocycles. The molecule has 0 aliphatic heterocycles. The van der Waals surface area contributed by atoms with Crippen LogP contribution in [0.3, 0.4) is 0 Å². The zero-order chi connectivity index (χ0) is 32.8. The average molecular weight is 653 g/mol. The number of hydrogen-bond acceptors (Lipinski definition) is 2. The molecule has 0 saturated heterocycles. The predicted octanol–water partition coefficient (Wildman–Crippen LogP) is 14.4. The Labute approximate surface area is 292 Å². The predicted molar refractivity (Wildman–Crippen MR) is 215 cm³/mol. The maximum Gasteiger partial charge on any atom is 0.136 e. The Balaban J connectivity index is 1.02. The first-order valence-corrected chi connectivity index (χ1v) is 17.9. The van der Waals surface area contributed by atoms with Crippen molar-refractivity contribution in [2.45, 2.75) is 0 Å². The fraction of sp³-hybridized carbons (Fsp3) is 0. The van der Waals surface area contributed by atoms with Gasteiger partial charge in [0.2, 0.25) is 0 Å². The van der Waals surface area contributed by atoms with E-state index in [4.69, 9.17) is 4.42 Å². The number of benzene rings is 9. The second kappa shape index (κ2) is 10.6. The SMILES string of the molecule is c1ccc(-c2c3ccccc3c(-c3ccc(-c4ccc5c(ccc6c7cc8c(cc7sc56)oc5ccccc58)c4)cc3)c3ccccc23)cc1. The van der Waals surface area contributed by atoms with E-state index >= 15 is 0 Å². The highest BCUT2D eigenvalue weighted by Crippen LogP contribution is 2.45. The molecule has 0 atom stereocenters. The van der Waals surface area contributed by atoms with Gasteiger partial charge < -0.3 is 4.42 Å². The lowest BCUT2D eigenvalue weighted by Crippen LogP contribution is -1.90. The van der Waals surface area contributed by atoms with Crippen LogP contribution in [0.25, 0.3) is 108 Å². The molecule has 2 heteroatoms. The zero-order valence-corrected chi connectivity index (χ0v) is 27.8. The Hall–Kier alpha value is -6.22. The van der Waals surface area contributed by atoms with Gasteiger partial charge in [0.25, 0.3) is 0 Å². The first kappa shape index (κ1) is 27.7. The van der Waals surface area contributed by atoms with E-state index in [0.717, 1.165) is 11.2 Å². The van der Waals surface area contributed by atoms with Crippen molar-refractivity contribution in [2.75, 3.05) is 0 Å². The number of fused-ring (bicyclic) bond motifs is 10. The quantitative estimate of drug-likeness (QED) is 0.173. The van der Waals surface area contributed by atoms with Crippen LogP contribution in [0.15, 0.2) is 174 Å². The van der Waals surface area contributed by atoms with Gasteiger partial charge >= 0.3 is 0 Å². The molecule has 0 N–H and O–H groups in total. The van der Waals surface area contributed by atoms with Crippen LogP contribution in [0, 0.1) is 0 Å². The number of para-hydroxylation sites is 1. The number of hydrogen-bond donors (Lipinski definition) is 0. The zero-order valence-electron chi connectivity index (χ0n) is 27.0. The molecule has 0 aliphatic carbocycles. The van der Waals surface area contributed by atoms with E-state index in [1.54, 1.807) is 0 Å². The summed E-state index contributed by atoms with van der Waals surface area (Å²) in [6, 6.07) is 62.0. The normalized spacial score (nSPS) is 12.0. The molecule has 11 aromatic rings. The minimum atomic E-state index is 0.943. The molecule has 9 aromatic carbocycles. The molecule has 2 heterocycles. The lowest BCUT2D eigenvalue weighted by molar-refractivity contribution is 0.669. The molecule has 232 valence electrons. The van der Waals surface area contributed by atoms with E-state index in [-0.39, 0.29) is 0 Å². The topological polar surface area (TPSA) is 13.1 Å². The lowest BCUT2D eigenvalue weighted by atomic mass is 9.85. The Morgan fingerprint density at radius 3 is 1.58 bits per heavy atom. The van der Waals surface area contributed by atoms with Crippen molar-refractivity contribution in [3.8, 4) is 33.4 Å². The van der Waals surface area contributed by atoms with Crippen LogP contribution in [0.5, 0.6) is 0 Å². The Bertz CT molecular complexity index is 3070. The minimum Gasteiger partial charge on any atom is -0.456 e. The van der Waals surface area contributed by atoms with E-state index in [1.807, 2.05) is 23.5 Å². The number of furan rings is 1. The molecular weight excluding hydrogens is 625 g/mol. The van der Waals surface area contributed by atoms with Crippen molar-refractivity contribution in [1.29, 1.82) is 0 Å². The summed E-state index contributed by atoms with van der Waals surface area (Å²) in [4.78, 5) is 0. The molecule has 0 amide bonds. The number of rotatable bonds is 3. The molecule has 0 fully saturated rings. The fourth-order valence-electron chi connectivity index (χ4n) is 8.15. The molecule has 1 nitrogen and oxygen atoms in total. The van der Waals surface area contributed by atoms with Crippen molar-refractivity contribution in [3.05, 3.63) is 170 Å². The summed E-state index contributed by atoms with van der Waals surface area (Å²) in [6.45, 7) is 0. The van der Waals surface area contributed by atoms with Crippen LogP contribution in [-0.4, -0.2) is 0 Å². The van der Waals surface area contributed by atoms with Gasteiger partial charge in [0.15, 0.2) is 0 Å². The molecule has 0 saturated carbocycles. The molecule has 0 spiro atoms. The van der Waals surface area contributed by atoms with Crippen molar-refractivity contribution in [1.82, 2.24) is 0 Å². The van der Waals surface area contributed by atoms with Crippen LogP contribution in [-0.2, 0) is 0 Å². The standard InChI is InChI=1S/C48H28OS/c1-2-10-30(11-3-1)46-36-13-4-6-15-38(36)47(39-16-7-5-14-37(39)46)31-20-18-29(19-21-31)32-22-24-34-33(26-32)23-25-40-42-27-41-35-12-8-9-17-43(35)49-44(41)28-45(42)50-48(34)40/h1-28H. The van der Waals surface area contributed by atoms with E-state index in [9.17, 15) is 0 Å². The highest BCUT2D eigenvalue weighted by Gasteiger charge is 2.17. The first-order chi connectivity index (χ1) is 24.8. The maximum absolute atomic E-state index is 6.22. The summed E-state index contributed by atoms with van der Waals surface area (Å²) in [6.07, 6.45) is 0. The molecular formula is C48H28OS. The van der Waals surface area contributed by atoms with Crippen LogP contribution in [0.1, 0.15) is 0 Å². The molecule has 0 aliphatic rings. The molecule has 50 heavy (non-hydrogen) atoms. The Kier molecular flexibility index (Phi) is 5.89. The van der Waals surface area contributed by atoms with Crippen LogP contribution in [0.4, 0.5) is 0 Å². The number of thiophene rings is 1. The summed E-state index contributed by atoms with van der Waals surface area (Å²) < 4.78 is 8.81. The van der Waals surface area contributed by atoms with Gasteiger partial charge in [-0.1, -0.05) is 146 Å². The van der Waals surface area contributed by atoms with Gasteiger partial charge in [-0.3, -0.25) is 0 Å². The highest BCUT2D eigenvalue weighted by molar-refractivity contribution is 7.26. The minimum absolute atomic E-state index is 0.943. The summed E-state index contributed by atoms with van der Waals surface area (Å²) in [7, 11) is 0. The Morgan fingerprint density at radius 1 is 0.320 bits per heavy atom. The maximum atomic E-state index is 6.22. The molecule has 0 bridgehead atoms. The van der Waals surface area contributed by atoms with Crippen molar-refractivity contribution in [3.63, 3.8) is 0 Å². The average Bonchev–Trinajstić information content (AvgIpc) is 3.73. The molecule has 0 radical (unpaired) electrons. The third-order valence-electron chi connectivity index (χ3n) is 10.5. The largest absolute Gasteiger partial charge is 0.456 e. The van der Waals surface area contributed by atoms with E-state index in [0.29, 0.717) is 0 Å². The van der Waals surface area contributed by atoms with Gasteiger partial charge in [-0.05, 0) is 90.0 Å². The van der Waals surface area contributed by atoms with Crippen LogP contribution < -0.4 is 0 Å². The highest BCUT2D eigenvalue weighted by atomic mass is 32.1. The molecule has 0 unspecified atom stereocenters. The molecule has 11 rings (SSSR count). The van der Waals surface area contributed by atoms with Crippen molar-refractivity contribution < 1.29 is 4.42 Å². The fourth-order valence-corrected chi connectivity index (χ4v) is 9.39. The lowest BCUT2D eigenvalue weighted by Gasteiger charge is -2.18.